The molecule has 112 valence electrons. The number of H-pyrrole nitrogens is 1. The van der Waals surface area contributed by atoms with E-state index in [0.717, 1.165) is 0 Å². The molecule has 2 aliphatic rings. The molecule has 9 nitrogen and oxygen atoms in total. The zero-order valence-electron chi connectivity index (χ0n) is 11.1. The number of aromatic nitrogens is 3. The van der Waals surface area contributed by atoms with Crippen molar-refractivity contribution in [3.63, 3.8) is 0 Å². The Bertz CT molecular complexity index is 519. The fourth-order valence-electron chi connectivity index (χ4n) is 2.42. The molecule has 10 heteroatoms. The minimum atomic E-state index is -3.36. The summed E-state index contributed by atoms with van der Waals surface area (Å²) in [6, 6.07) is 0. The highest BCUT2D eigenvalue weighted by atomic mass is 32.2. The van der Waals surface area contributed by atoms with Crippen LogP contribution in [0.25, 0.3) is 0 Å². The lowest BCUT2D eigenvalue weighted by molar-refractivity contribution is 0.0700. The fraction of sp³-hybridized carbons (Fsp3) is 0.800. The predicted molar refractivity (Wildman–Crippen MR) is 71.5 cm³/mol. The van der Waals surface area contributed by atoms with Gasteiger partial charge in [-0.25, -0.2) is 5.10 Å². The summed E-state index contributed by atoms with van der Waals surface area (Å²) in [4.78, 5) is 6.08. The van der Waals surface area contributed by atoms with E-state index < -0.39 is 10.2 Å². The van der Waals surface area contributed by atoms with Crippen molar-refractivity contribution in [1.29, 1.82) is 0 Å². The Balaban J connectivity index is 1.62. The fourth-order valence-corrected chi connectivity index (χ4v) is 3.98. The summed E-state index contributed by atoms with van der Waals surface area (Å²) in [7, 11) is -3.36. The van der Waals surface area contributed by atoms with Crippen molar-refractivity contribution in [3.8, 4) is 0 Å². The van der Waals surface area contributed by atoms with Gasteiger partial charge in [-0.1, -0.05) is 0 Å². The number of rotatable bonds is 3. The van der Waals surface area contributed by atoms with Gasteiger partial charge in [0.1, 0.15) is 6.33 Å². The summed E-state index contributed by atoms with van der Waals surface area (Å²) in [5, 5.41) is 6.60. The van der Waals surface area contributed by atoms with Crippen LogP contribution in [0.2, 0.25) is 0 Å². The van der Waals surface area contributed by atoms with E-state index in [1.54, 1.807) is 0 Å². The van der Waals surface area contributed by atoms with Gasteiger partial charge in [-0.05, 0) is 0 Å². The van der Waals surface area contributed by atoms with E-state index in [0.29, 0.717) is 58.4 Å². The summed E-state index contributed by atoms with van der Waals surface area (Å²) >= 11 is 0. The molecule has 0 aromatic carbocycles. The van der Waals surface area contributed by atoms with Crippen LogP contribution in [0.3, 0.4) is 0 Å². The van der Waals surface area contributed by atoms with Gasteiger partial charge < -0.3 is 9.64 Å². The molecule has 0 atom stereocenters. The first-order valence-corrected chi connectivity index (χ1v) is 8.01. The van der Waals surface area contributed by atoms with Crippen LogP contribution in [-0.2, 0) is 14.9 Å². The number of ether oxygens (including phenoxy) is 1. The maximum Gasteiger partial charge on any atom is 0.282 e. The van der Waals surface area contributed by atoms with Gasteiger partial charge in [-0.15, -0.1) is 0 Å². The molecule has 20 heavy (non-hydrogen) atoms. The van der Waals surface area contributed by atoms with Crippen LogP contribution in [0.1, 0.15) is 0 Å². The lowest BCUT2D eigenvalue weighted by atomic mass is 10.4. The normalized spacial score (nSPS) is 23.1. The number of hydrogen-bond acceptors (Lipinski definition) is 6. The topological polar surface area (TPSA) is 94.7 Å². The first-order valence-electron chi connectivity index (χ1n) is 6.61. The van der Waals surface area contributed by atoms with Crippen LogP contribution in [0.5, 0.6) is 0 Å². The molecule has 1 aromatic rings. The average Bonchev–Trinajstić information content (AvgIpc) is 3.02. The van der Waals surface area contributed by atoms with Crippen molar-refractivity contribution in [2.75, 3.05) is 57.4 Å². The van der Waals surface area contributed by atoms with Crippen molar-refractivity contribution in [2.45, 2.75) is 0 Å². The molecule has 2 aliphatic heterocycles. The zero-order chi connectivity index (χ0) is 14.0. The zero-order valence-corrected chi connectivity index (χ0v) is 11.9. The molecule has 0 spiro atoms. The molecule has 0 saturated carbocycles. The molecule has 3 rings (SSSR count). The van der Waals surface area contributed by atoms with Crippen LogP contribution in [0, 0.1) is 0 Å². The van der Waals surface area contributed by atoms with Gasteiger partial charge in [-0.2, -0.15) is 27.1 Å². The SMILES string of the molecule is O=S(=O)(N1CCOCC1)N1CCN(c2ncn[nH]2)CC1. The molecule has 3 heterocycles. The third-order valence-corrected chi connectivity index (χ3v) is 5.60. The maximum atomic E-state index is 12.5. The molecule has 0 bridgehead atoms. The van der Waals surface area contributed by atoms with E-state index >= 15 is 0 Å². The largest absolute Gasteiger partial charge is 0.379 e. The Morgan fingerprint density at radius 3 is 2.30 bits per heavy atom. The third kappa shape index (κ3) is 2.64. The second-order valence-corrected chi connectivity index (χ2v) is 6.64. The first-order chi connectivity index (χ1) is 9.68. The standard InChI is InChI=1S/C10H18N6O3S/c17-20(18,16-5-7-19-8-6-16)15-3-1-14(2-4-15)10-11-9-12-13-10/h9H,1-8H2,(H,11,12,13). The van der Waals surface area contributed by atoms with Crippen molar-refractivity contribution in [1.82, 2.24) is 23.8 Å². The van der Waals surface area contributed by atoms with Crippen molar-refractivity contribution >= 4 is 16.2 Å². The van der Waals surface area contributed by atoms with Crippen LogP contribution in [0.15, 0.2) is 6.33 Å². The van der Waals surface area contributed by atoms with E-state index in [9.17, 15) is 8.42 Å². The summed E-state index contributed by atoms with van der Waals surface area (Å²) in [6.07, 6.45) is 1.45. The Kier molecular flexibility index (Phi) is 3.87. The quantitative estimate of drug-likeness (QED) is 0.730. The van der Waals surface area contributed by atoms with Gasteiger partial charge in [0.25, 0.3) is 10.2 Å². The number of anilines is 1. The molecule has 1 aromatic heterocycles. The molecule has 0 amide bonds. The van der Waals surface area contributed by atoms with Gasteiger partial charge in [0.15, 0.2) is 0 Å². The lowest BCUT2D eigenvalue weighted by Crippen LogP contribution is -2.55. The number of aromatic amines is 1. The van der Waals surface area contributed by atoms with Gasteiger partial charge in [0.2, 0.25) is 5.95 Å². The second kappa shape index (κ2) is 5.64. The Morgan fingerprint density at radius 2 is 1.70 bits per heavy atom. The summed E-state index contributed by atoms with van der Waals surface area (Å²) in [5.74, 6) is 0.688. The van der Waals surface area contributed by atoms with Crippen molar-refractivity contribution in [2.24, 2.45) is 0 Å². The van der Waals surface area contributed by atoms with E-state index in [-0.39, 0.29) is 0 Å². The molecule has 0 radical (unpaired) electrons. The Labute approximate surface area is 117 Å². The number of hydrogen-bond donors (Lipinski definition) is 1. The minimum Gasteiger partial charge on any atom is -0.379 e. The highest BCUT2D eigenvalue weighted by molar-refractivity contribution is 7.86. The molecular formula is C10H18N6O3S. The maximum absolute atomic E-state index is 12.5. The monoisotopic (exact) mass is 302 g/mol. The summed E-state index contributed by atoms with van der Waals surface area (Å²) in [6.45, 7) is 3.95. The minimum absolute atomic E-state index is 0.435. The van der Waals surface area contributed by atoms with Gasteiger partial charge in [0.05, 0.1) is 13.2 Å². The van der Waals surface area contributed by atoms with E-state index in [2.05, 4.69) is 15.2 Å². The molecule has 1 N–H and O–H groups in total. The first kappa shape index (κ1) is 13.7. The van der Waals surface area contributed by atoms with Crippen LogP contribution in [0.4, 0.5) is 5.95 Å². The average molecular weight is 302 g/mol. The Morgan fingerprint density at radius 1 is 1.05 bits per heavy atom. The van der Waals surface area contributed by atoms with Gasteiger partial charge >= 0.3 is 0 Å². The summed E-state index contributed by atoms with van der Waals surface area (Å²) < 4.78 is 33.2. The van der Waals surface area contributed by atoms with E-state index in [1.807, 2.05) is 4.90 Å². The number of piperazine rings is 1. The molecule has 0 aliphatic carbocycles. The van der Waals surface area contributed by atoms with E-state index in [1.165, 1.54) is 14.9 Å². The van der Waals surface area contributed by atoms with Crippen molar-refractivity contribution < 1.29 is 13.2 Å². The lowest BCUT2D eigenvalue weighted by Gasteiger charge is -2.37. The molecule has 2 fully saturated rings. The molecule has 0 unspecified atom stereocenters. The smallest absolute Gasteiger partial charge is 0.282 e. The summed E-state index contributed by atoms with van der Waals surface area (Å²) in [5.41, 5.74) is 0. The highest BCUT2D eigenvalue weighted by Gasteiger charge is 2.33. The molecular weight excluding hydrogens is 284 g/mol. The number of morpholine rings is 1. The van der Waals surface area contributed by atoms with Gasteiger partial charge in [0, 0.05) is 39.3 Å². The highest BCUT2D eigenvalue weighted by Crippen LogP contribution is 2.16. The van der Waals surface area contributed by atoms with Crippen LogP contribution >= 0.6 is 0 Å². The van der Waals surface area contributed by atoms with Crippen LogP contribution in [-0.4, -0.2) is 84.7 Å². The van der Waals surface area contributed by atoms with E-state index in [4.69, 9.17) is 4.74 Å². The predicted octanol–water partition coefficient (Wildman–Crippen LogP) is -1.50. The van der Waals surface area contributed by atoms with Crippen molar-refractivity contribution in [3.05, 3.63) is 6.33 Å². The number of nitrogens with one attached hydrogen (secondary N) is 1. The molecule has 2 saturated heterocycles. The number of nitrogens with zero attached hydrogens (tertiary/aromatic N) is 5. The second-order valence-electron chi connectivity index (χ2n) is 4.71. The van der Waals surface area contributed by atoms with Gasteiger partial charge in [-0.3, -0.25) is 0 Å². The Hall–Kier alpha value is -1.23. The van der Waals surface area contributed by atoms with Crippen LogP contribution < -0.4 is 4.90 Å². The third-order valence-electron chi connectivity index (χ3n) is 3.56.